The van der Waals surface area contributed by atoms with Gasteiger partial charge in [0.2, 0.25) is 0 Å². The molecule has 0 radical (unpaired) electrons. The molecule has 0 fully saturated rings. The Morgan fingerprint density at radius 3 is 1.28 bits per heavy atom. The van der Waals surface area contributed by atoms with Crippen molar-refractivity contribution in [1.82, 2.24) is 0 Å². The largest absolute Gasteiger partial charge is 0.311 e. The van der Waals surface area contributed by atoms with Crippen molar-refractivity contribution in [2.75, 3.05) is 4.90 Å². The highest BCUT2D eigenvalue weighted by Crippen LogP contribution is 2.63. The lowest BCUT2D eigenvalue weighted by Gasteiger charge is -2.33. The second-order valence-corrected chi connectivity index (χ2v) is 18.6. The molecule has 2 aliphatic rings. The summed E-state index contributed by atoms with van der Waals surface area (Å²) in [6.07, 6.45) is 4.55. The zero-order chi connectivity index (χ0) is 41.2. The number of benzene rings is 8. The number of anilines is 3. The molecule has 0 saturated carbocycles. The van der Waals surface area contributed by atoms with Crippen LogP contribution in [0.4, 0.5) is 17.1 Å². The Labute approximate surface area is 356 Å². The molecule has 0 aromatic heterocycles. The predicted molar refractivity (Wildman–Crippen MR) is 256 cm³/mol. The van der Waals surface area contributed by atoms with Gasteiger partial charge in [-0.25, -0.2) is 0 Å². The molecule has 1 nitrogen and oxygen atoms in total. The molecule has 0 unspecified atom stereocenters. The Morgan fingerprint density at radius 2 is 0.750 bits per heavy atom. The molecule has 1 heteroatoms. The fourth-order valence-corrected chi connectivity index (χ4v) is 9.62. The van der Waals surface area contributed by atoms with Gasteiger partial charge in [-0.1, -0.05) is 199 Å². The van der Waals surface area contributed by atoms with E-state index in [0.29, 0.717) is 0 Å². The first-order valence-electron chi connectivity index (χ1n) is 21.3. The van der Waals surface area contributed by atoms with Crippen molar-refractivity contribution in [3.63, 3.8) is 0 Å². The Kier molecular flexibility index (Phi) is 8.92. The van der Waals surface area contributed by atoms with Gasteiger partial charge in [0.05, 0.1) is 5.41 Å². The van der Waals surface area contributed by atoms with E-state index in [1.165, 1.54) is 77.9 Å². The summed E-state index contributed by atoms with van der Waals surface area (Å²) in [5.74, 6) is 0. The molecule has 0 saturated heterocycles. The summed E-state index contributed by atoms with van der Waals surface area (Å²) < 4.78 is 0. The fourth-order valence-electron chi connectivity index (χ4n) is 9.62. The minimum Gasteiger partial charge on any atom is -0.311 e. The molecule has 0 atom stereocenters. The van der Waals surface area contributed by atoms with Gasteiger partial charge < -0.3 is 4.90 Å². The van der Waals surface area contributed by atoms with Crippen LogP contribution in [0.3, 0.4) is 0 Å². The molecule has 0 amide bonds. The normalized spacial score (nSPS) is 13.6. The molecule has 10 rings (SSSR count). The molecule has 1 spiro atoms. The lowest BCUT2D eigenvalue weighted by Crippen LogP contribution is -2.27. The standard InChI is InChI=1S/C59H51N/c1-57(2,3)44-30-35-51-52-36-31-45(58(4,5)6)39-56(52)59(55(51)38-44)53-20-14-13-19-49(53)50-34-25-41(37-54(50)59)22-21-40-23-26-42(27-24-40)43-28-32-48(33-29-43)60(46-15-9-7-10-16-46)47-17-11-8-12-18-47/h7-39H,1-6H3/b22-21+. The highest BCUT2D eigenvalue weighted by molar-refractivity contribution is 5.96. The average Bonchev–Trinajstić information content (AvgIpc) is 3.73. The van der Waals surface area contributed by atoms with E-state index >= 15 is 0 Å². The van der Waals surface area contributed by atoms with Crippen molar-refractivity contribution < 1.29 is 0 Å². The number of nitrogens with zero attached hydrogens (tertiary/aromatic N) is 1. The molecular formula is C59H51N. The number of fused-ring (bicyclic) bond motifs is 10. The van der Waals surface area contributed by atoms with Crippen molar-refractivity contribution in [3.05, 3.63) is 233 Å². The van der Waals surface area contributed by atoms with Crippen molar-refractivity contribution in [2.24, 2.45) is 0 Å². The van der Waals surface area contributed by atoms with E-state index in [0.717, 1.165) is 17.1 Å². The maximum Gasteiger partial charge on any atom is 0.0725 e. The van der Waals surface area contributed by atoms with Crippen molar-refractivity contribution in [2.45, 2.75) is 57.8 Å². The third-order valence-corrected chi connectivity index (χ3v) is 12.8. The third kappa shape index (κ3) is 6.23. The topological polar surface area (TPSA) is 3.24 Å². The summed E-state index contributed by atoms with van der Waals surface area (Å²) in [5, 5.41) is 0. The van der Waals surface area contributed by atoms with Crippen molar-refractivity contribution in [1.29, 1.82) is 0 Å². The monoisotopic (exact) mass is 773 g/mol. The summed E-state index contributed by atoms with van der Waals surface area (Å²) in [6.45, 7) is 14.0. The summed E-state index contributed by atoms with van der Waals surface area (Å²) in [6, 6.07) is 69.8. The van der Waals surface area contributed by atoms with E-state index in [4.69, 9.17) is 0 Å². The number of hydrogen-bond donors (Lipinski definition) is 0. The van der Waals surface area contributed by atoms with Gasteiger partial charge in [-0.15, -0.1) is 0 Å². The van der Waals surface area contributed by atoms with Crippen LogP contribution in [-0.2, 0) is 16.2 Å². The van der Waals surface area contributed by atoms with Crippen LogP contribution in [-0.4, -0.2) is 0 Å². The van der Waals surface area contributed by atoms with Gasteiger partial charge in [0.15, 0.2) is 0 Å². The van der Waals surface area contributed by atoms with Gasteiger partial charge >= 0.3 is 0 Å². The van der Waals surface area contributed by atoms with Crippen molar-refractivity contribution >= 4 is 29.2 Å². The first-order chi connectivity index (χ1) is 29.0. The molecule has 292 valence electrons. The molecule has 0 aliphatic heterocycles. The van der Waals surface area contributed by atoms with Crippen LogP contribution in [0.2, 0.25) is 0 Å². The predicted octanol–water partition coefficient (Wildman–Crippen LogP) is 15.9. The summed E-state index contributed by atoms with van der Waals surface area (Å²) in [4.78, 5) is 2.30. The first-order valence-corrected chi connectivity index (χ1v) is 21.3. The lowest BCUT2D eigenvalue weighted by atomic mass is 9.68. The minimum absolute atomic E-state index is 0.0258. The van der Waals surface area contributed by atoms with Gasteiger partial charge in [-0.2, -0.15) is 0 Å². The van der Waals surface area contributed by atoms with E-state index in [-0.39, 0.29) is 10.8 Å². The van der Waals surface area contributed by atoms with Crippen LogP contribution in [0.1, 0.15) is 86.1 Å². The van der Waals surface area contributed by atoms with E-state index in [2.05, 4.69) is 247 Å². The maximum atomic E-state index is 2.53. The third-order valence-electron chi connectivity index (χ3n) is 12.8. The molecule has 0 bridgehead atoms. The average molecular weight is 774 g/mol. The Morgan fingerprint density at radius 1 is 0.350 bits per heavy atom. The van der Waals surface area contributed by atoms with Crippen LogP contribution < -0.4 is 4.90 Å². The minimum atomic E-state index is -0.403. The molecule has 60 heavy (non-hydrogen) atoms. The van der Waals surface area contributed by atoms with E-state index in [9.17, 15) is 0 Å². The van der Waals surface area contributed by atoms with E-state index in [1.54, 1.807) is 0 Å². The SMILES string of the molecule is CC(C)(C)c1ccc2c(c1)C1(c3ccccc3-c3ccc(/C=C/c4ccc(-c5ccc(N(c6ccccc6)c6ccccc6)cc5)cc4)cc31)c1cc(C(C)(C)C)ccc1-2. The Bertz CT molecular complexity index is 2800. The molecule has 0 heterocycles. The Balaban J connectivity index is 1.00. The molecule has 8 aromatic rings. The summed E-state index contributed by atoms with van der Waals surface area (Å²) in [5.41, 5.74) is 21.5. The van der Waals surface area contributed by atoms with E-state index < -0.39 is 5.41 Å². The van der Waals surface area contributed by atoms with Crippen LogP contribution in [0.15, 0.2) is 188 Å². The van der Waals surface area contributed by atoms with Gasteiger partial charge in [0.25, 0.3) is 0 Å². The van der Waals surface area contributed by atoms with Gasteiger partial charge in [-0.05, 0) is 131 Å². The highest BCUT2D eigenvalue weighted by atomic mass is 15.1. The van der Waals surface area contributed by atoms with E-state index in [1.807, 2.05) is 0 Å². The van der Waals surface area contributed by atoms with Crippen LogP contribution in [0.5, 0.6) is 0 Å². The van der Waals surface area contributed by atoms with Crippen LogP contribution in [0.25, 0.3) is 45.5 Å². The van der Waals surface area contributed by atoms with Crippen molar-refractivity contribution in [3.8, 4) is 33.4 Å². The second kappa shape index (κ2) is 14.2. The van der Waals surface area contributed by atoms with Gasteiger partial charge in [0, 0.05) is 17.1 Å². The molecule has 8 aromatic carbocycles. The number of para-hydroxylation sites is 2. The Hall–Kier alpha value is -6.70. The fraction of sp³-hybridized carbons (Fsp3) is 0.153. The molecule has 2 aliphatic carbocycles. The summed E-state index contributed by atoms with van der Waals surface area (Å²) >= 11 is 0. The number of rotatable bonds is 6. The maximum absolute atomic E-state index is 2.53. The van der Waals surface area contributed by atoms with Crippen LogP contribution in [0, 0.1) is 0 Å². The highest BCUT2D eigenvalue weighted by Gasteiger charge is 2.52. The zero-order valence-electron chi connectivity index (χ0n) is 35.5. The second-order valence-electron chi connectivity index (χ2n) is 18.6. The smallest absolute Gasteiger partial charge is 0.0725 e. The van der Waals surface area contributed by atoms with Gasteiger partial charge in [0.1, 0.15) is 0 Å². The first kappa shape index (κ1) is 37.6. The van der Waals surface area contributed by atoms with Gasteiger partial charge in [-0.3, -0.25) is 0 Å². The van der Waals surface area contributed by atoms with Crippen LogP contribution >= 0.6 is 0 Å². The zero-order valence-corrected chi connectivity index (χ0v) is 35.5. The quantitative estimate of drug-likeness (QED) is 0.152. The lowest BCUT2D eigenvalue weighted by molar-refractivity contribution is 0.586. The molecular weight excluding hydrogens is 723 g/mol. The summed E-state index contributed by atoms with van der Waals surface area (Å²) in [7, 11) is 0. The number of hydrogen-bond acceptors (Lipinski definition) is 1. The molecule has 0 N–H and O–H groups in total.